The van der Waals surface area contributed by atoms with Gasteiger partial charge in [0.1, 0.15) is 0 Å². The van der Waals surface area contributed by atoms with Crippen LogP contribution in [0, 0.1) is 0 Å². The highest BCUT2D eigenvalue weighted by Gasteiger charge is 2.23. The summed E-state index contributed by atoms with van der Waals surface area (Å²) in [4.78, 5) is 34.2. The number of hydrogen-bond acceptors (Lipinski definition) is 4. The van der Waals surface area contributed by atoms with Crippen LogP contribution in [0.2, 0.25) is 0 Å². The van der Waals surface area contributed by atoms with Crippen LogP contribution in [0.4, 0.5) is 11.5 Å². The maximum atomic E-state index is 12.7. The van der Waals surface area contributed by atoms with Crippen LogP contribution in [0.15, 0.2) is 78.6 Å². The summed E-state index contributed by atoms with van der Waals surface area (Å²) in [6.45, 7) is 0. The van der Waals surface area contributed by atoms with Gasteiger partial charge in [0.2, 0.25) is 0 Å². The van der Waals surface area contributed by atoms with E-state index in [9.17, 15) is 9.59 Å². The van der Waals surface area contributed by atoms with E-state index in [4.69, 9.17) is 11.8 Å². The van der Waals surface area contributed by atoms with Crippen LogP contribution in [-0.4, -0.2) is 20.1 Å². The lowest BCUT2D eigenvalue weighted by Crippen LogP contribution is -2.35. The number of benzene rings is 2. The predicted octanol–water partition coefficient (Wildman–Crippen LogP) is 3.96. The molecule has 0 aliphatic carbocycles. The fraction of sp³-hybridized carbons (Fsp3) is 0.100. The molecular formula is C20H14BrClN4O2. The van der Waals surface area contributed by atoms with Gasteiger partial charge in [0, 0.05) is 29.7 Å². The van der Waals surface area contributed by atoms with Gasteiger partial charge in [-0.15, -0.1) is 0 Å². The van der Waals surface area contributed by atoms with Gasteiger partial charge in [-0.25, -0.2) is 14.8 Å². The zero-order chi connectivity index (χ0) is 19.8. The second-order valence-corrected chi connectivity index (χ2v) is 7.52. The maximum absolute atomic E-state index is 12.7. The maximum Gasteiger partial charge on any atom is 0.347 e. The average molecular weight is 458 g/mol. The first-order valence-electron chi connectivity index (χ1n) is 8.44. The third-order valence-electron chi connectivity index (χ3n) is 4.47. The molecule has 3 aromatic rings. The van der Waals surface area contributed by atoms with Gasteiger partial charge in [-0.1, -0.05) is 58.4 Å². The average Bonchev–Trinajstić information content (AvgIpc) is 2.92. The van der Waals surface area contributed by atoms with Gasteiger partial charge in [0.05, 0.1) is 11.4 Å². The molecule has 0 saturated heterocycles. The smallest absolute Gasteiger partial charge is 0.267 e. The van der Waals surface area contributed by atoms with Crippen LogP contribution in [0.25, 0.3) is 0 Å². The van der Waals surface area contributed by atoms with E-state index in [1.54, 1.807) is 0 Å². The molecular weight excluding hydrogens is 444 g/mol. The van der Waals surface area contributed by atoms with Crippen LogP contribution in [-0.2, 0) is 7.05 Å². The summed E-state index contributed by atoms with van der Waals surface area (Å²) >= 11 is 9.62. The minimum Gasteiger partial charge on any atom is -0.267 e. The minimum absolute atomic E-state index is 0.0404. The largest absolute Gasteiger partial charge is 0.347 e. The van der Waals surface area contributed by atoms with Gasteiger partial charge in [-0.05, 0) is 23.3 Å². The Morgan fingerprint density at radius 1 is 0.929 bits per heavy atom. The molecule has 0 bridgehead atoms. The summed E-state index contributed by atoms with van der Waals surface area (Å²) in [5.74, 6) is 0.0404. The molecule has 2 heterocycles. The summed E-state index contributed by atoms with van der Waals surface area (Å²) in [5, 5.41) is 0. The van der Waals surface area contributed by atoms with Gasteiger partial charge >= 0.3 is 5.69 Å². The summed E-state index contributed by atoms with van der Waals surface area (Å²) in [6.07, 6.45) is 0.383. The van der Waals surface area contributed by atoms with Crippen LogP contribution >= 0.6 is 27.7 Å². The molecule has 1 aliphatic heterocycles. The highest BCUT2D eigenvalue weighted by molar-refractivity contribution is 9.10. The van der Waals surface area contributed by atoms with E-state index in [0.717, 1.165) is 24.3 Å². The standard InChI is InChI=1S/C20H14BrClN4O2/c1-25-19(27)17-18(26(22)20(25)28)24-16(13-7-9-14(21)10-8-13)11-15(23-17)12-5-3-2-4-6-12/h2-10H,11H2,1H3. The van der Waals surface area contributed by atoms with Crippen molar-refractivity contribution < 1.29 is 0 Å². The monoisotopic (exact) mass is 456 g/mol. The van der Waals surface area contributed by atoms with E-state index in [1.807, 2.05) is 54.6 Å². The molecule has 28 heavy (non-hydrogen) atoms. The summed E-state index contributed by atoms with van der Waals surface area (Å²) < 4.78 is 2.71. The third-order valence-corrected chi connectivity index (χ3v) is 5.30. The first-order chi connectivity index (χ1) is 13.5. The normalized spacial score (nSPS) is 13.4. The molecule has 4 rings (SSSR count). The molecule has 0 unspecified atom stereocenters. The molecule has 2 aromatic carbocycles. The Bertz CT molecular complexity index is 1240. The third kappa shape index (κ3) is 3.27. The molecule has 0 radical (unpaired) electrons. The van der Waals surface area contributed by atoms with Crippen LogP contribution in [0.3, 0.4) is 0 Å². The SMILES string of the molecule is Cn1c(=O)c2c(n(Cl)c1=O)N=C(c1ccc(Br)cc1)CC(c1ccccc1)=N2. The highest BCUT2D eigenvalue weighted by atomic mass is 79.9. The Morgan fingerprint density at radius 2 is 1.54 bits per heavy atom. The first-order valence-corrected chi connectivity index (χ1v) is 9.57. The van der Waals surface area contributed by atoms with Gasteiger partial charge in [-0.3, -0.25) is 9.36 Å². The van der Waals surface area contributed by atoms with Crippen molar-refractivity contribution in [3.8, 4) is 0 Å². The molecule has 0 atom stereocenters. The van der Waals surface area contributed by atoms with Crippen molar-refractivity contribution in [1.82, 2.24) is 8.65 Å². The summed E-state index contributed by atoms with van der Waals surface area (Å²) in [7, 11) is 1.37. The van der Waals surface area contributed by atoms with Crippen molar-refractivity contribution in [1.29, 1.82) is 0 Å². The fourth-order valence-electron chi connectivity index (χ4n) is 2.96. The number of aromatic nitrogens is 2. The second kappa shape index (κ2) is 7.33. The Kier molecular flexibility index (Phi) is 4.87. The molecule has 0 amide bonds. The predicted molar refractivity (Wildman–Crippen MR) is 115 cm³/mol. The van der Waals surface area contributed by atoms with Crippen molar-refractivity contribution >= 4 is 50.6 Å². The van der Waals surface area contributed by atoms with Crippen molar-refractivity contribution in [2.75, 3.05) is 0 Å². The van der Waals surface area contributed by atoms with E-state index < -0.39 is 11.2 Å². The quantitative estimate of drug-likeness (QED) is 0.584. The van der Waals surface area contributed by atoms with Crippen LogP contribution < -0.4 is 11.2 Å². The van der Waals surface area contributed by atoms with Gasteiger partial charge in [0.25, 0.3) is 5.56 Å². The van der Waals surface area contributed by atoms with Crippen molar-refractivity contribution in [2.45, 2.75) is 6.42 Å². The van der Waals surface area contributed by atoms with E-state index in [-0.39, 0.29) is 11.5 Å². The number of nitrogens with zero attached hydrogens (tertiary/aromatic N) is 4. The molecule has 1 aromatic heterocycles. The van der Waals surface area contributed by atoms with Gasteiger partial charge in [0.15, 0.2) is 11.5 Å². The van der Waals surface area contributed by atoms with Crippen molar-refractivity contribution in [3.63, 3.8) is 0 Å². The van der Waals surface area contributed by atoms with Crippen molar-refractivity contribution in [2.24, 2.45) is 17.0 Å². The Hall–Kier alpha value is -2.77. The lowest BCUT2D eigenvalue weighted by molar-refractivity contribution is 0.759. The topological polar surface area (TPSA) is 68.7 Å². The lowest BCUT2D eigenvalue weighted by Gasteiger charge is -2.08. The second-order valence-electron chi connectivity index (χ2n) is 6.27. The van der Waals surface area contributed by atoms with E-state index in [2.05, 4.69) is 25.9 Å². The Labute approximate surface area is 173 Å². The summed E-state index contributed by atoms with van der Waals surface area (Å²) in [5.41, 5.74) is 1.90. The zero-order valence-corrected chi connectivity index (χ0v) is 17.1. The molecule has 0 spiro atoms. The van der Waals surface area contributed by atoms with Gasteiger partial charge in [-0.2, -0.15) is 4.09 Å². The van der Waals surface area contributed by atoms with Crippen LogP contribution in [0.5, 0.6) is 0 Å². The molecule has 0 N–H and O–H groups in total. The minimum atomic E-state index is -0.664. The van der Waals surface area contributed by atoms with E-state index in [0.29, 0.717) is 17.8 Å². The van der Waals surface area contributed by atoms with Crippen molar-refractivity contribution in [3.05, 3.63) is 91.0 Å². The fourth-order valence-corrected chi connectivity index (χ4v) is 3.45. The Balaban J connectivity index is 2.03. The highest BCUT2D eigenvalue weighted by Crippen LogP contribution is 2.30. The Morgan fingerprint density at radius 3 is 2.21 bits per heavy atom. The molecule has 0 fully saturated rings. The molecule has 1 aliphatic rings. The molecule has 0 saturated carbocycles. The molecule has 6 nitrogen and oxygen atoms in total. The number of hydrogen-bond donors (Lipinski definition) is 0. The molecule has 8 heteroatoms. The zero-order valence-electron chi connectivity index (χ0n) is 14.8. The van der Waals surface area contributed by atoms with E-state index in [1.165, 1.54) is 7.05 Å². The summed E-state index contributed by atoms with van der Waals surface area (Å²) in [6, 6.07) is 17.2. The van der Waals surface area contributed by atoms with E-state index >= 15 is 0 Å². The number of aliphatic imine (C=N–C) groups is 2. The number of rotatable bonds is 2. The number of fused-ring (bicyclic) bond motifs is 1. The lowest BCUT2D eigenvalue weighted by atomic mass is 10.00. The molecule has 140 valence electrons. The number of halogens is 2. The van der Waals surface area contributed by atoms with Crippen LogP contribution in [0.1, 0.15) is 17.5 Å². The van der Waals surface area contributed by atoms with Gasteiger partial charge < -0.3 is 0 Å². The first kappa shape index (κ1) is 18.6.